The number of hydrogen-bond acceptors (Lipinski definition) is 3. The highest BCUT2D eigenvalue weighted by atomic mass is 16.3. The number of aliphatic hydroxyl groups excluding tert-OH is 1. The summed E-state index contributed by atoms with van der Waals surface area (Å²) in [7, 11) is 0. The average Bonchev–Trinajstić information content (AvgIpc) is 2.46. The smallest absolute Gasteiger partial charge is 0.227 e. The van der Waals surface area contributed by atoms with E-state index >= 15 is 0 Å². The molecule has 1 aliphatic carbocycles. The van der Waals surface area contributed by atoms with Gasteiger partial charge in [-0.2, -0.15) is 0 Å². The van der Waals surface area contributed by atoms with Gasteiger partial charge in [-0.15, -0.1) is 0 Å². The summed E-state index contributed by atoms with van der Waals surface area (Å²) in [5.41, 5.74) is 0. The van der Waals surface area contributed by atoms with Gasteiger partial charge in [-0.3, -0.25) is 9.59 Å². The van der Waals surface area contributed by atoms with Crippen molar-refractivity contribution in [1.29, 1.82) is 0 Å². The van der Waals surface area contributed by atoms with Crippen LogP contribution in [0.5, 0.6) is 0 Å². The van der Waals surface area contributed by atoms with E-state index in [1.54, 1.807) is 0 Å². The summed E-state index contributed by atoms with van der Waals surface area (Å²) in [5.74, 6) is 0.0440. The van der Waals surface area contributed by atoms with E-state index in [1.165, 1.54) is 19.3 Å². The Morgan fingerprint density at radius 1 is 1.26 bits per heavy atom. The van der Waals surface area contributed by atoms with E-state index in [-0.39, 0.29) is 30.4 Å². The molecule has 1 saturated carbocycles. The summed E-state index contributed by atoms with van der Waals surface area (Å²) >= 11 is 0. The minimum atomic E-state index is -0.105. The van der Waals surface area contributed by atoms with Crippen LogP contribution in [0.25, 0.3) is 0 Å². The molecule has 0 aromatic heterocycles. The molecule has 0 bridgehead atoms. The van der Waals surface area contributed by atoms with E-state index in [9.17, 15) is 14.7 Å². The molecule has 0 aromatic rings. The minimum Gasteiger partial charge on any atom is -0.395 e. The summed E-state index contributed by atoms with van der Waals surface area (Å²) in [6.45, 7) is 0.890. The van der Waals surface area contributed by atoms with Gasteiger partial charge in [-0.1, -0.05) is 19.3 Å². The van der Waals surface area contributed by atoms with Crippen LogP contribution in [0.3, 0.4) is 0 Å². The molecule has 2 aliphatic rings. The third-order valence-electron chi connectivity index (χ3n) is 4.25. The third kappa shape index (κ3) is 3.69. The van der Waals surface area contributed by atoms with E-state index in [1.807, 2.05) is 4.90 Å². The first-order valence-electron chi connectivity index (χ1n) is 7.40. The fraction of sp³-hybridized carbons (Fsp3) is 0.857. The van der Waals surface area contributed by atoms with Crippen LogP contribution >= 0.6 is 0 Å². The first kappa shape index (κ1) is 14.3. The third-order valence-corrected chi connectivity index (χ3v) is 4.25. The largest absolute Gasteiger partial charge is 0.395 e. The SMILES string of the molecule is O=C1CCC(C(=O)N(CCO)C2CCCCC2)CN1. The van der Waals surface area contributed by atoms with Crippen molar-refractivity contribution in [3.63, 3.8) is 0 Å². The summed E-state index contributed by atoms with van der Waals surface area (Å²) < 4.78 is 0. The van der Waals surface area contributed by atoms with Crippen LogP contribution in [0.1, 0.15) is 44.9 Å². The Bertz CT molecular complexity index is 317. The Hall–Kier alpha value is -1.10. The highest BCUT2D eigenvalue weighted by Crippen LogP contribution is 2.25. The molecule has 0 spiro atoms. The average molecular weight is 268 g/mol. The number of carbonyl (C=O) groups excluding carboxylic acids is 2. The van der Waals surface area contributed by atoms with E-state index in [2.05, 4.69) is 5.32 Å². The van der Waals surface area contributed by atoms with Crippen LogP contribution in [-0.4, -0.2) is 47.6 Å². The normalized spacial score (nSPS) is 24.9. The lowest BCUT2D eigenvalue weighted by molar-refractivity contribution is -0.141. The van der Waals surface area contributed by atoms with E-state index < -0.39 is 0 Å². The Labute approximate surface area is 114 Å². The predicted octanol–water partition coefficient (Wildman–Crippen LogP) is 0.666. The van der Waals surface area contributed by atoms with Crippen molar-refractivity contribution in [2.75, 3.05) is 19.7 Å². The Kier molecular flexibility index (Phi) is 5.19. The van der Waals surface area contributed by atoms with Gasteiger partial charge in [0.2, 0.25) is 11.8 Å². The van der Waals surface area contributed by atoms with Gasteiger partial charge in [0.05, 0.1) is 12.5 Å². The second-order valence-electron chi connectivity index (χ2n) is 5.59. The zero-order valence-corrected chi connectivity index (χ0v) is 11.4. The van der Waals surface area contributed by atoms with Crippen molar-refractivity contribution < 1.29 is 14.7 Å². The maximum absolute atomic E-state index is 12.6. The summed E-state index contributed by atoms with van der Waals surface area (Å²) in [4.78, 5) is 25.6. The first-order valence-corrected chi connectivity index (χ1v) is 7.40. The van der Waals surface area contributed by atoms with Crippen LogP contribution < -0.4 is 5.32 Å². The molecule has 1 saturated heterocycles. The van der Waals surface area contributed by atoms with Crippen molar-refractivity contribution in [1.82, 2.24) is 10.2 Å². The number of rotatable bonds is 4. The van der Waals surface area contributed by atoms with Crippen molar-refractivity contribution in [2.45, 2.75) is 51.0 Å². The van der Waals surface area contributed by atoms with Crippen molar-refractivity contribution in [3.05, 3.63) is 0 Å². The maximum Gasteiger partial charge on any atom is 0.227 e. The quantitative estimate of drug-likeness (QED) is 0.787. The Morgan fingerprint density at radius 3 is 2.58 bits per heavy atom. The molecule has 0 radical (unpaired) electrons. The van der Waals surface area contributed by atoms with Gasteiger partial charge in [-0.05, 0) is 19.3 Å². The zero-order valence-electron chi connectivity index (χ0n) is 11.4. The van der Waals surface area contributed by atoms with Crippen LogP contribution in [0.2, 0.25) is 0 Å². The van der Waals surface area contributed by atoms with Gasteiger partial charge in [0, 0.05) is 25.6 Å². The summed E-state index contributed by atoms with van der Waals surface area (Å²) in [6, 6.07) is 0.283. The Morgan fingerprint density at radius 2 is 2.00 bits per heavy atom. The molecular formula is C14H24N2O3. The molecule has 2 rings (SSSR count). The number of amides is 2. The number of nitrogens with one attached hydrogen (secondary N) is 1. The van der Waals surface area contributed by atoms with Gasteiger partial charge >= 0.3 is 0 Å². The minimum absolute atomic E-state index is 0.0152. The van der Waals surface area contributed by atoms with Crippen molar-refractivity contribution in [2.24, 2.45) is 5.92 Å². The lowest BCUT2D eigenvalue weighted by atomic mass is 9.91. The highest BCUT2D eigenvalue weighted by molar-refractivity contribution is 5.84. The molecule has 19 heavy (non-hydrogen) atoms. The fourth-order valence-electron chi connectivity index (χ4n) is 3.15. The topological polar surface area (TPSA) is 69.6 Å². The summed E-state index contributed by atoms with van der Waals surface area (Å²) in [5, 5.41) is 12.0. The van der Waals surface area contributed by atoms with Gasteiger partial charge in [0.25, 0.3) is 0 Å². The van der Waals surface area contributed by atoms with E-state index in [0.717, 1.165) is 12.8 Å². The lowest BCUT2D eigenvalue weighted by Crippen LogP contribution is -2.50. The monoisotopic (exact) mass is 268 g/mol. The molecule has 108 valence electrons. The first-order chi connectivity index (χ1) is 9.22. The van der Waals surface area contributed by atoms with Gasteiger partial charge in [0.1, 0.15) is 0 Å². The number of carbonyl (C=O) groups is 2. The van der Waals surface area contributed by atoms with Crippen molar-refractivity contribution in [3.8, 4) is 0 Å². The maximum atomic E-state index is 12.6. The number of hydrogen-bond donors (Lipinski definition) is 2. The second-order valence-corrected chi connectivity index (χ2v) is 5.59. The van der Waals surface area contributed by atoms with Crippen molar-refractivity contribution >= 4 is 11.8 Å². The lowest BCUT2D eigenvalue weighted by Gasteiger charge is -2.37. The molecule has 0 aromatic carbocycles. The molecule has 2 N–H and O–H groups in total. The number of aliphatic hydroxyl groups is 1. The van der Waals surface area contributed by atoms with E-state index in [0.29, 0.717) is 25.9 Å². The molecule has 5 nitrogen and oxygen atoms in total. The van der Waals surface area contributed by atoms with E-state index in [4.69, 9.17) is 0 Å². The molecule has 5 heteroatoms. The highest BCUT2D eigenvalue weighted by Gasteiger charge is 2.32. The predicted molar refractivity (Wildman–Crippen MR) is 71.4 cm³/mol. The molecule has 1 aliphatic heterocycles. The number of nitrogens with zero attached hydrogens (tertiary/aromatic N) is 1. The molecule has 1 atom stereocenters. The van der Waals surface area contributed by atoms with Crippen LogP contribution in [0, 0.1) is 5.92 Å². The number of piperidine rings is 1. The fourth-order valence-corrected chi connectivity index (χ4v) is 3.15. The summed E-state index contributed by atoms with van der Waals surface area (Å²) in [6.07, 6.45) is 6.75. The molecular weight excluding hydrogens is 244 g/mol. The van der Waals surface area contributed by atoms with Crippen LogP contribution in [-0.2, 0) is 9.59 Å². The Balaban J connectivity index is 1.96. The molecule has 2 amide bonds. The zero-order chi connectivity index (χ0) is 13.7. The molecule has 2 fully saturated rings. The van der Waals surface area contributed by atoms with Gasteiger partial charge < -0.3 is 15.3 Å². The molecule has 1 unspecified atom stereocenters. The second kappa shape index (κ2) is 6.89. The van der Waals surface area contributed by atoms with Crippen LogP contribution in [0.15, 0.2) is 0 Å². The van der Waals surface area contributed by atoms with Gasteiger partial charge in [-0.25, -0.2) is 0 Å². The van der Waals surface area contributed by atoms with Crippen LogP contribution in [0.4, 0.5) is 0 Å². The standard InChI is InChI=1S/C14H24N2O3/c17-9-8-16(12-4-2-1-3-5-12)14(19)11-6-7-13(18)15-10-11/h11-12,17H,1-10H2,(H,15,18). The van der Waals surface area contributed by atoms with Gasteiger partial charge in [0.15, 0.2) is 0 Å². The molecule has 1 heterocycles.